The monoisotopic (exact) mass is 437 g/mol. The Bertz CT molecular complexity index is 920. The van der Waals surface area contributed by atoms with Crippen LogP contribution < -0.4 is 0 Å². The van der Waals surface area contributed by atoms with Crippen molar-refractivity contribution in [3.63, 3.8) is 0 Å². The van der Waals surface area contributed by atoms with Crippen LogP contribution in [0.5, 0.6) is 0 Å². The van der Waals surface area contributed by atoms with Crippen LogP contribution in [0.15, 0.2) is 48.5 Å². The molecule has 0 radical (unpaired) electrons. The summed E-state index contributed by atoms with van der Waals surface area (Å²) in [5.41, 5.74) is 6.74. The van der Waals surface area contributed by atoms with Crippen LogP contribution in [0.4, 0.5) is 0 Å². The molecule has 0 amide bonds. The van der Waals surface area contributed by atoms with Gasteiger partial charge in [-0.2, -0.15) is 0 Å². The fraction of sp³-hybridized carbons (Fsp3) is 0.500. The van der Waals surface area contributed by atoms with Gasteiger partial charge in [-0.25, -0.2) is 0 Å². The number of hydrogen-bond donors (Lipinski definition) is 1. The topological polar surface area (TPSA) is 32.9 Å². The van der Waals surface area contributed by atoms with Gasteiger partial charge >= 0.3 is 0 Å². The zero-order valence-corrected chi connectivity index (χ0v) is 21.6. The van der Waals surface area contributed by atoms with E-state index in [1.54, 1.807) is 6.92 Å². The summed E-state index contributed by atoms with van der Waals surface area (Å²) in [4.78, 5) is 13.4. The molecule has 2 aromatic carbocycles. The third-order valence-corrected chi connectivity index (χ3v) is 5.97. The Morgan fingerprint density at radius 2 is 1.53 bits per heavy atom. The van der Waals surface area contributed by atoms with Gasteiger partial charge in [0.15, 0.2) is 0 Å². The summed E-state index contributed by atoms with van der Waals surface area (Å²) >= 11 is 0. The maximum absolute atomic E-state index is 9.81. The molecule has 178 valence electrons. The SMILES string of the molecule is CC.CC.CCC(C)=O.Cc1c(-c2cccc(C3CCCCCC3)c2)[nH]c2ccccc12.[HH]. The molecule has 0 spiro atoms. The van der Waals surface area contributed by atoms with E-state index in [4.69, 9.17) is 0 Å². The average Bonchev–Trinajstić information content (AvgIpc) is 3.01. The van der Waals surface area contributed by atoms with Gasteiger partial charge in [0, 0.05) is 24.4 Å². The zero-order valence-electron chi connectivity index (χ0n) is 21.6. The molecule has 4 rings (SSSR count). The Balaban J connectivity index is 0.000000898. The molecule has 1 aliphatic rings. The van der Waals surface area contributed by atoms with E-state index >= 15 is 0 Å². The van der Waals surface area contributed by atoms with E-state index in [9.17, 15) is 4.79 Å². The number of para-hydroxylation sites is 1. The Morgan fingerprint density at radius 1 is 0.938 bits per heavy atom. The van der Waals surface area contributed by atoms with Crippen molar-refractivity contribution in [2.24, 2.45) is 0 Å². The largest absolute Gasteiger partial charge is 0.354 e. The summed E-state index contributed by atoms with van der Waals surface area (Å²) in [6.07, 6.45) is 8.99. The number of aryl methyl sites for hydroxylation is 1. The third kappa shape index (κ3) is 7.97. The molecule has 1 fully saturated rings. The molecule has 1 aliphatic carbocycles. The van der Waals surface area contributed by atoms with Crippen molar-refractivity contribution >= 4 is 16.7 Å². The van der Waals surface area contributed by atoms with Gasteiger partial charge in [-0.15, -0.1) is 0 Å². The fourth-order valence-electron chi connectivity index (χ4n) is 4.13. The first-order valence-electron chi connectivity index (χ1n) is 12.8. The first-order chi connectivity index (χ1) is 15.6. The molecule has 0 saturated heterocycles. The highest BCUT2D eigenvalue weighted by atomic mass is 16.1. The second-order valence-electron chi connectivity index (χ2n) is 8.04. The number of benzene rings is 2. The van der Waals surface area contributed by atoms with Gasteiger partial charge in [-0.1, -0.05) is 96.7 Å². The van der Waals surface area contributed by atoms with Crippen LogP contribution in [0.1, 0.15) is 105 Å². The maximum atomic E-state index is 9.81. The number of H-pyrrole nitrogens is 1. The Morgan fingerprint density at radius 3 is 2.09 bits per heavy atom. The number of carbonyl (C=O) groups is 1. The highest BCUT2D eigenvalue weighted by Crippen LogP contribution is 2.35. The van der Waals surface area contributed by atoms with Crippen LogP contribution in [0.25, 0.3) is 22.2 Å². The summed E-state index contributed by atoms with van der Waals surface area (Å²) in [6.45, 7) is 13.7. The highest BCUT2D eigenvalue weighted by Gasteiger charge is 2.16. The van der Waals surface area contributed by atoms with E-state index in [1.165, 1.54) is 71.8 Å². The number of aromatic amines is 1. The fourth-order valence-corrected chi connectivity index (χ4v) is 4.13. The molecule has 1 aromatic heterocycles. The molecular weight excluding hydrogens is 390 g/mol. The molecular formula is C30H47NO. The van der Waals surface area contributed by atoms with Gasteiger partial charge < -0.3 is 9.78 Å². The Hall–Kier alpha value is -2.35. The van der Waals surface area contributed by atoms with Crippen molar-refractivity contribution in [1.82, 2.24) is 4.98 Å². The molecule has 2 heteroatoms. The normalized spacial score (nSPS) is 13.5. The third-order valence-electron chi connectivity index (χ3n) is 5.97. The van der Waals surface area contributed by atoms with Crippen molar-refractivity contribution in [3.8, 4) is 11.3 Å². The smallest absolute Gasteiger partial charge is 0.129 e. The Kier molecular flexibility index (Phi) is 13.4. The molecule has 0 bridgehead atoms. The summed E-state index contributed by atoms with van der Waals surface area (Å²) in [6, 6.07) is 17.8. The summed E-state index contributed by atoms with van der Waals surface area (Å²) < 4.78 is 0. The molecule has 1 N–H and O–H groups in total. The molecule has 1 saturated carbocycles. The lowest BCUT2D eigenvalue weighted by molar-refractivity contribution is -0.116. The number of carbonyl (C=O) groups excluding carboxylic acids is 1. The van der Waals surface area contributed by atoms with E-state index < -0.39 is 0 Å². The summed E-state index contributed by atoms with van der Waals surface area (Å²) in [7, 11) is 0. The van der Waals surface area contributed by atoms with Crippen LogP contribution in [-0.4, -0.2) is 10.8 Å². The minimum Gasteiger partial charge on any atom is -0.354 e. The lowest BCUT2D eigenvalue weighted by Crippen LogP contribution is -1.97. The van der Waals surface area contributed by atoms with Gasteiger partial charge in [0.05, 0.1) is 0 Å². The second kappa shape index (κ2) is 15.5. The number of aromatic nitrogens is 1. The van der Waals surface area contributed by atoms with Crippen molar-refractivity contribution < 1.29 is 6.22 Å². The number of fused-ring (bicyclic) bond motifs is 1. The minimum atomic E-state index is 0. The summed E-state index contributed by atoms with van der Waals surface area (Å²) in [5, 5.41) is 1.34. The van der Waals surface area contributed by atoms with Crippen molar-refractivity contribution in [3.05, 3.63) is 59.7 Å². The number of ketones is 1. The van der Waals surface area contributed by atoms with Crippen LogP contribution in [0, 0.1) is 6.92 Å². The van der Waals surface area contributed by atoms with Crippen molar-refractivity contribution in [2.45, 2.75) is 99.3 Å². The van der Waals surface area contributed by atoms with Crippen molar-refractivity contribution in [1.29, 1.82) is 0 Å². The predicted molar refractivity (Wildman–Crippen MR) is 145 cm³/mol. The van der Waals surface area contributed by atoms with Crippen molar-refractivity contribution in [2.75, 3.05) is 0 Å². The second-order valence-corrected chi connectivity index (χ2v) is 8.04. The lowest BCUT2D eigenvalue weighted by Gasteiger charge is -2.15. The van der Waals surface area contributed by atoms with E-state index in [0.29, 0.717) is 6.42 Å². The number of nitrogens with one attached hydrogen (secondary N) is 1. The number of hydrogen-bond acceptors (Lipinski definition) is 1. The van der Waals surface area contributed by atoms with Gasteiger partial charge in [0.1, 0.15) is 5.78 Å². The quantitative estimate of drug-likeness (QED) is 0.406. The standard InChI is InChI=1S/C22H25N.C4H8O.2C2H6.H2/c1-16-20-13-6-7-14-21(20)23-22(16)19-12-8-11-18(15-19)17-9-4-2-3-5-10-17;1-3-4(2)5;2*1-2;/h6-8,11-15,17,23H,2-5,9-10H2,1H3;3H2,1-2H3;2*1-2H3;1H. The van der Waals surface area contributed by atoms with E-state index in [2.05, 4.69) is 60.4 Å². The maximum Gasteiger partial charge on any atom is 0.129 e. The number of Topliss-reactive ketones (excluding diaryl/α,β-unsaturated/α-hetero) is 1. The molecule has 1 heterocycles. The predicted octanol–water partition coefficient (Wildman–Crippen LogP) is 9.86. The van der Waals surface area contributed by atoms with Gasteiger partial charge in [0.25, 0.3) is 0 Å². The van der Waals surface area contributed by atoms with Gasteiger partial charge in [0.2, 0.25) is 0 Å². The zero-order chi connectivity index (χ0) is 23.9. The van der Waals surface area contributed by atoms with Gasteiger partial charge in [-0.3, -0.25) is 0 Å². The number of rotatable bonds is 3. The van der Waals surface area contributed by atoms with Gasteiger partial charge in [-0.05, 0) is 61.4 Å². The molecule has 2 nitrogen and oxygen atoms in total. The van der Waals surface area contributed by atoms with Crippen LogP contribution >= 0.6 is 0 Å². The van der Waals surface area contributed by atoms with Crippen LogP contribution in [0.2, 0.25) is 0 Å². The first-order valence-corrected chi connectivity index (χ1v) is 12.8. The molecule has 32 heavy (non-hydrogen) atoms. The van der Waals surface area contributed by atoms with E-state index in [0.717, 1.165) is 5.92 Å². The molecule has 0 aliphatic heterocycles. The molecule has 0 unspecified atom stereocenters. The summed E-state index contributed by atoms with van der Waals surface area (Å²) in [5.74, 6) is 1.01. The van der Waals surface area contributed by atoms with E-state index in [1.807, 2.05) is 34.6 Å². The highest BCUT2D eigenvalue weighted by molar-refractivity contribution is 5.90. The lowest BCUT2D eigenvalue weighted by atomic mass is 9.90. The van der Waals surface area contributed by atoms with Crippen LogP contribution in [-0.2, 0) is 4.79 Å². The Labute approximate surface area is 198 Å². The molecule has 3 aromatic rings. The van der Waals surface area contributed by atoms with Crippen LogP contribution in [0.3, 0.4) is 0 Å². The first kappa shape index (κ1) is 27.7. The minimum absolute atomic E-state index is 0. The molecule has 0 atom stereocenters. The average molecular weight is 438 g/mol. The van der Waals surface area contributed by atoms with E-state index in [-0.39, 0.29) is 7.21 Å².